The first-order valence-corrected chi connectivity index (χ1v) is 10.9. The van der Waals surface area contributed by atoms with E-state index in [2.05, 4.69) is 32.6 Å². The zero-order valence-electron chi connectivity index (χ0n) is 17.4. The Hall–Kier alpha value is -3.45. The van der Waals surface area contributed by atoms with Crippen LogP contribution in [-0.2, 0) is 11.3 Å². The Morgan fingerprint density at radius 2 is 1.81 bits per heavy atom. The highest BCUT2D eigenvalue weighted by Gasteiger charge is 2.21. The number of carbonyl (C=O) groups is 1. The van der Waals surface area contributed by atoms with Crippen LogP contribution < -0.4 is 5.32 Å². The van der Waals surface area contributed by atoms with E-state index < -0.39 is 0 Å². The number of pyridine rings is 1. The first kappa shape index (κ1) is 20.8. The van der Waals surface area contributed by atoms with E-state index in [0.717, 1.165) is 28.2 Å². The van der Waals surface area contributed by atoms with Gasteiger partial charge in [-0.25, -0.2) is 0 Å². The number of aryl methyl sites for hydroxylation is 1. The van der Waals surface area contributed by atoms with E-state index in [1.807, 2.05) is 73.0 Å². The van der Waals surface area contributed by atoms with Crippen LogP contribution in [0.2, 0.25) is 0 Å². The topological polar surface area (TPSA) is 72.7 Å². The minimum Gasteiger partial charge on any atom is -0.325 e. The third-order valence-electron chi connectivity index (χ3n) is 4.78. The molecule has 2 aromatic heterocycles. The van der Waals surface area contributed by atoms with Crippen molar-refractivity contribution in [2.45, 2.75) is 30.8 Å². The number of aromatic nitrogens is 4. The van der Waals surface area contributed by atoms with Gasteiger partial charge in [-0.15, -0.1) is 10.2 Å². The van der Waals surface area contributed by atoms with Gasteiger partial charge in [0.1, 0.15) is 0 Å². The molecular formula is C24H23N5OS. The van der Waals surface area contributed by atoms with Crippen molar-refractivity contribution in [2.75, 3.05) is 5.32 Å². The average Bonchev–Trinajstić information content (AvgIpc) is 3.17. The minimum absolute atomic E-state index is 0.0738. The average molecular weight is 430 g/mol. The Kier molecular flexibility index (Phi) is 6.43. The van der Waals surface area contributed by atoms with Gasteiger partial charge in [0.05, 0.1) is 11.8 Å². The Bertz CT molecular complexity index is 1160. The van der Waals surface area contributed by atoms with Gasteiger partial charge >= 0.3 is 0 Å². The quantitative estimate of drug-likeness (QED) is 0.427. The highest BCUT2D eigenvalue weighted by molar-refractivity contribution is 8.00. The summed E-state index contributed by atoms with van der Waals surface area (Å²) in [7, 11) is 0. The van der Waals surface area contributed by atoms with Gasteiger partial charge in [0.25, 0.3) is 0 Å². The van der Waals surface area contributed by atoms with Crippen LogP contribution in [0.15, 0.2) is 84.3 Å². The molecule has 2 aromatic carbocycles. The molecule has 0 bridgehead atoms. The maximum atomic E-state index is 12.8. The SMILES string of the molecule is Cc1cccc(NC(=O)C(C)Sc2nnc(-c3ccncc3)n2Cc2ccccc2)c1. The predicted octanol–water partition coefficient (Wildman–Crippen LogP) is 4.82. The van der Waals surface area contributed by atoms with Crippen LogP contribution in [0, 0.1) is 6.92 Å². The number of hydrogen-bond donors (Lipinski definition) is 1. The van der Waals surface area contributed by atoms with Crippen molar-refractivity contribution in [1.29, 1.82) is 0 Å². The van der Waals surface area contributed by atoms with Crippen LogP contribution in [0.5, 0.6) is 0 Å². The monoisotopic (exact) mass is 429 g/mol. The van der Waals surface area contributed by atoms with Crippen LogP contribution >= 0.6 is 11.8 Å². The maximum absolute atomic E-state index is 12.8. The van der Waals surface area contributed by atoms with E-state index in [0.29, 0.717) is 11.7 Å². The van der Waals surface area contributed by atoms with Gasteiger partial charge < -0.3 is 5.32 Å². The Morgan fingerprint density at radius 1 is 1.03 bits per heavy atom. The van der Waals surface area contributed by atoms with E-state index in [-0.39, 0.29) is 11.2 Å². The molecule has 0 aliphatic rings. The molecule has 31 heavy (non-hydrogen) atoms. The molecule has 7 heteroatoms. The summed E-state index contributed by atoms with van der Waals surface area (Å²) in [6.45, 7) is 4.49. The molecule has 4 aromatic rings. The molecule has 0 radical (unpaired) electrons. The van der Waals surface area contributed by atoms with Gasteiger partial charge in [-0.05, 0) is 49.2 Å². The summed E-state index contributed by atoms with van der Waals surface area (Å²) in [5.74, 6) is 0.676. The Morgan fingerprint density at radius 3 is 2.55 bits per heavy atom. The molecule has 1 amide bonds. The zero-order chi connectivity index (χ0) is 21.6. The van der Waals surface area contributed by atoms with Crippen LogP contribution in [-0.4, -0.2) is 30.9 Å². The third-order valence-corrected chi connectivity index (χ3v) is 5.86. The number of amides is 1. The summed E-state index contributed by atoms with van der Waals surface area (Å²) in [5, 5.41) is 12.2. The van der Waals surface area contributed by atoms with Crippen molar-refractivity contribution in [3.05, 3.63) is 90.3 Å². The van der Waals surface area contributed by atoms with Crippen molar-refractivity contribution >= 4 is 23.4 Å². The second kappa shape index (κ2) is 9.57. The van der Waals surface area contributed by atoms with Gasteiger partial charge in [0, 0.05) is 23.6 Å². The lowest BCUT2D eigenvalue weighted by molar-refractivity contribution is -0.115. The van der Waals surface area contributed by atoms with Crippen molar-refractivity contribution in [3.63, 3.8) is 0 Å². The molecule has 4 rings (SSSR count). The molecule has 156 valence electrons. The lowest BCUT2D eigenvalue weighted by atomic mass is 10.2. The van der Waals surface area contributed by atoms with Crippen molar-refractivity contribution in [3.8, 4) is 11.4 Å². The standard InChI is InChI=1S/C24H23N5OS/c1-17-7-6-10-21(15-17)26-23(30)18(2)31-24-28-27-22(20-11-13-25-14-12-20)29(24)16-19-8-4-3-5-9-19/h3-15,18H,16H2,1-2H3,(H,26,30). The van der Waals surface area contributed by atoms with E-state index >= 15 is 0 Å². The smallest absolute Gasteiger partial charge is 0.237 e. The number of carbonyl (C=O) groups excluding carboxylic acids is 1. The fourth-order valence-electron chi connectivity index (χ4n) is 3.18. The van der Waals surface area contributed by atoms with Crippen LogP contribution in [0.1, 0.15) is 18.1 Å². The summed E-state index contributed by atoms with van der Waals surface area (Å²) in [6.07, 6.45) is 3.48. The number of nitrogens with zero attached hydrogens (tertiary/aromatic N) is 4. The minimum atomic E-state index is -0.343. The molecule has 0 saturated carbocycles. The molecule has 0 aliphatic carbocycles. The van der Waals surface area contributed by atoms with Gasteiger partial charge in [-0.3, -0.25) is 14.3 Å². The summed E-state index contributed by atoms with van der Waals surface area (Å²) >= 11 is 1.40. The number of thioether (sulfide) groups is 1. The molecule has 2 heterocycles. The summed E-state index contributed by atoms with van der Waals surface area (Å²) in [5.41, 5.74) is 3.96. The second-order valence-electron chi connectivity index (χ2n) is 7.23. The van der Waals surface area contributed by atoms with Gasteiger partial charge in [-0.2, -0.15) is 0 Å². The molecule has 1 atom stereocenters. The van der Waals surface area contributed by atoms with Gasteiger partial charge in [0.15, 0.2) is 11.0 Å². The summed E-state index contributed by atoms with van der Waals surface area (Å²) in [6, 6.07) is 21.7. The Labute approximate surface area is 185 Å². The maximum Gasteiger partial charge on any atom is 0.237 e. The fraction of sp³-hybridized carbons (Fsp3) is 0.167. The number of anilines is 1. The number of benzene rings is 2. The van der Waals surface area contributed by atoms with Crippen LogP contribution in [0.25, 0.3) is 11.4 Å². The van der Waals surface area contributed by atoms with Crippen LogP contribution in [0.4, 0.5) is 5.69 Å². The fourth-order valence-corrected chi connectivity index (χ4v) is 4.03. The van der Waals surface area contributed by atoms with Gasteiger partial charge in [0.2, 0.25) is 5.91 Å². The molecule has 6 nitrogen and oxygen atoms in total. The number of nitrogens with one attached hydrogen (secondary N) is 1. The Balaban J connectivity index is 1.58. The first-order chi connectivity index (χ1) is 15.1. The molecular weight excluding hydrogens is 406 g/mol. The van der Waals surface area contributed by atoms with E-state index in [1.165, 1.54) is 11.8 Å². The lowest BCUT2D eigenvalue weighted by Crippen LogP contribution is -2.23. The van der Waals surface area contributed by atoms with Crippen LogP contribution in [0.3, 0.4) is 0 Å². The van der Waals surface area contributed by atoms with Gasteiger partial charge in [-0.1, -0.05) is 54.2 Å². The molecule has 0 saturated heterocycles. The van der Waals surface area contributed by atoms with E-state index in [1.54, 1.807) is 12.4 Å². The molecule has 0 fully saturated rings. The van der Waals surface area contributed by atoms with Crippen molar-refractivity contribution in [1.82, 2.24) is 19.7 Å². The van der Waals surface area contributed by atoms with E-state index in [9.17, 15) is 4.79 Å². The second-order valence-corrected chi connectivity index (χ2v) is 8.54. The van der Waals surface area contributed by atoms with E-state index in [4.69, 9.17) is 0 Å². The normalized spacial score (nSPS) is 11.8. The largest absolute Gasteiger partial charge is 0.325 e. The summed E-state index contributed by atoms with van der Waals surface area (Å²) < 4.78 is 2.05. The molecule has 0 aliphatic heterocycles. The lowest BCUT2D eigenvalue weighted by Gasteiger charge is -2.14. The van der Waals surface area contributed by atoms with Crippen molar-refractivity contribution < 1.29 is 4.79 Å². The zero-order valence-corrected chi connectivity index (χ0v) is 18.2. The highest BCUT2D eigenvalue weighted by atomic mass is 32.2. The first-order valence-electron chi connectivity index (χ1n) is 10.0. The summed E-state index contributed by atoms with van der Waals surface area (Å²) in [4.78, 5) is 16.9. The van der Waals surface area contributed by atoms with Crippen molar-refractivity contribution in [2.24, 2.45) is 0 Å². The number of rotatable bonds is 7. The predicted molar refractivity (Wildman–Crippen MR) is 124 cm³/mol. The highest BCUT2D eigenvalue weighted by Crippen LogP contribution is 2.28. The third kappa shape index (κ3) is 5.19. The molecule has 1 unspecified atom stereocenters. The molecule has 1 N–H and O–H groups in total. The molecule has 0 spiro atoms. The number of hydrogen-bond acceptors (Lipinski definition) is 5.